The van der Waals surface area contributed by atoms with Crippen molar-refractivity contribution in [2.45, 2.75) is 26.7 Å². The standard InChI is InChI=1S/C8H17NO2.C4H6O4/c1-5-9(3,4)6-7(2)8(10)11;5-3(6)1-2-4(7)8/h7H,5-6H2,1-4H3;1-2H2,(H,5,6)(H,7,8). The van der Waals surface area contributed by atoms with Gasteiger partial charge in [-0.05, 0) is 20.3 Å². The van der Waals surface area contributed by atoms with E-state index >= 15 is 0 Å². The van der Waals surface area contributed by atoms with Gasteiger partial charge in [-0.3, -0.25) is 9.59 Å². The van der Waals surface area contributed by atoms with Gasteiger partial charge in [0.25, 0.3) is 0 Å². The van der Waals surface area contributed by atoms with Crippen molar-refractivity contribution in [1.82, 2.24) is 0 Å². The Kier molecular flexibility index (Phi) is 9.67. The van der Waals surface area contributed by atoms with E-state index in [2.05, 4.69) is 6.92 Å². The summed E-state index contributed by atoms with van der Waals surface area (Å²) >= 11 is 0. The molecule has 0 spiro atoms. The molecule has 0 aliphatic heterocycles. The second-order valence-corrected chi connectivity index (χ2v) is 4.94. The lowest BCUT2D eigenvalue weighted by atomic mass is 10.1. The number of aliphatic carboxylic acids is 3. The minimum absolute atomic E-state index is 0.245. The Morgan fingerprint density at radius 3 is 1.84 bits per heavy atom. The van der Waals surface area contributed by atoms with E-state index in [4.69, 9.17) is 10.2 Å². The van der Waals surface area contributed by atoms with Crippen LogP contribution in [0.15, 0.2) is 0 Å². The zero-order valence-electron chi connectivity index (χ0n) is 11.9. The predicted molar refractivity (Wildman–Crippen MR) is 66.2 cm³/mol. The van der Waals surface area contributed by atoms with Gasteiger partial charge in [0.2, 0.25) is 0 Å². The van der Waals surface area contributed by atoms with Crippen LogP contribution in [0.4, 0.5) is 0 Å². The van der Waals surface area contributed by atoms with Crippen LogP contribution in [0.1, 0.15) is 26.7 Å². The highest BCUT2D eigenvalue weighted by molar-refractivity contribution is 5.74. The highest BCUT2D eigenvalue weighted by Crippen LogP contribution is 2.04. The average molecular weight is 277 g/mol. The van der Waals surface area contributed by atoms with Gasteiger partial charge in [-0.25, -0.2) is 0 Å². The fourth-order valence-corrected chi connectivity index (χ4v) is 1.16. The Bertz CT molecular complexity index is 299. The zero-order chi connectivity index (χ0) is 15.6. The molecule has 0 saturated heterocycles. The minimum Gasteiger partial charge on any atom is -0.550 e. The van der Waals surface area contributed by atoms with Crippen molar-refractivity contribution in [3.63, 3.8) is 0 Å². The normalized spacial score (nSPS) is 12.0. The number of carboxylic acid groups (broad SMARTS) is 3. The molecule has 0 radical (unpaired) electrons. The fourth-order valence-electron chi connectivity index (χ4n) is 1.16. The summed E-state index contributed by atoms with van der Waals surface area (Å²) in [5.41, 5.74) is 0. The predicted octanol–water partition coefficient (Wildman–Crippen LogP) is -0.595. The minimum atomic E-state index is -1.33. The van der Waals surface area contributed by atoms with E-state index in [1.165, 1.54) is 0 Å². The molecule has 0 aliphatic rings. The van der Waals surface area contributed by atoms with Crippen LogP contribution >= 0.6 is 0 Å². The molecule has 0 bridgehead atoms. The van der Waals surface area contributed by atoms with Gasteiger partial charge in [-0.1, -0.05) is 0 Å². The molecule has 0 aliphatic carbocycles. The van der Waals surface area contributed by atoms with Crippen molar-refractivity contribution < 1.29 is 34.2 Å². The first-order valence-electron chi connectivity index (χ1n) is 5.98. The molecule has 0 aromatic carbocycles. The summed E-state index contributed by atoms with van der Waals surface area (Å²) in [5.74, 6) is -3.39. The second-order valence-electron chi connectivity index (χ2n) is 4.94. The van der Waals surface area contributed by atoms with Gasteiger partial charge in [-0.15, -0.1) is 0 Å². The van der Waals surface area contributed by atoms with Crippen LogP contribution in [0, 0.1) is 5.92 Å². The molecule has 0 amide bonds. The summed E-state index contributed by atoms with van der Waals surface area (Å²) in [4.78, 5) is 29.6. The summed E-state index contributed by atoms with van der Waals surface area (Å²) < 4.78 is 0.771. The molecule has 0 aromatic heterocycles. The molecule has 19 heavy (non-hydrogen) atoms. The maximum absolute atomic E-state index is 10.5. The van der Waals surface area contributed by atoms with Crippen molar-refractivity contribution in [3.05, 3.63) is 0 Å². The van der Waals surface area contributed by atoms with Crippen LogP contribution in [-0.4, -0.2) is 59.8 Å². The number of quaternary nitrogens is 1. The summed E-state index contributed by atoms with van der Waals surface area (Å²) in [7, 11) is 4.08. The Morgan fingerprint density at radius 2 is 1.63 bits per heavy atom. The Balaban J connectivity index is 0. The first-order valence-corrected chi connectivity index (χ1v) is 5.98. The van der Waals surface area contributed by atoms with Gasteiger partial charge < -0.3 is 24.6 Å². The van der Waals surface area contributed by atoms with Crippen molar-refractivity contribution in [3.8, 4) is 0 Å². The highest BCUT2D eigenvalue weighted by Gasteiger charge is 2.21. The lowest BCUT2D eigenvalue weighted by Gasteiger charge is -2.29. The number of hydrogen-bond donors (Lipinski definition) is 2. The van der Waals surface area contributed by atoms with Crippen molar-refractivity contribution in [2.75, 3.05) is 27.2 Å². The van der Waals surface area contributed by atoms with Gasteiger partial charge in [0.1, 0.15) is 5.92 Å². The largest absolute Gasteiger partial charge is 0.550 e. The Labute approximate surface area is 113 Å². The summed E-state index contributed by atoms with van der Waals surface area (Å²) in [6.45, 7) is 5.48. The van der Waals surface area contributed by atoms with Crippen LogP contribution in [0.3, 0.4) is 0 Å². The number of carbonyl (C=O) groups excluding carboxylic acids is 1. The lowest BCUT2D eigenvalue weighted by Crippen LogP contribution is -2.44. The van der Waals surface area contributed by atoms with E-state index in [9.17, 15) is 19.5 Å². The molecule has 0 saturated carbocycles. The van der Waals surface area contributed by atoms with E-state index in [1.54, 1.807) is 6.92 Å². The fraction of sp³-hybridized carbons (Fsp3) is 0.750. The average Bonchev–Trinajstić information content (AvgIpc) is 2.26. The third kappa shape index (κ3) is 14.3. The molecule has 112 valence electrons. The van der Waals surface area contributed by atoms with Crippen LogP contribution in [0.25, 0.3) is 0 Å². The van der Waals surface area contributed by atoms with Gasteiger partial charge in [-0.2, -0.15) is 0 Å². The third-order valence-electron chi connectivity index (χ3n) is 2.59. The number of nitrogens with zero attached hydrogens (tertiary/aromatic N) is 1. The van der Waals surface area contributed by atoms with Crippen LogP contribution in [0.5, 0.6) is 0 Å². The molecule has 1 unspecified atom stereocenters. The first kappa shape index (κ1) is 19.7. The van der Waals surface area contributed by atoms with Crippen molar-refractivity contribution in [2.24, 2.45) is 5.92 Å². The van der Waals surface area contributed by atoms with E-state index in [-0.39, 0.29) is 12.3 Å². The topological polar surface area (TPSA) is 115 Å². The summed E-state index contributed by atoms with van der Waals surface area (Å²) in [6, 6.07) is 0. The van der Waals surface area contributed by atoms with E-state index in [1.807, 2.05) is 14.1 Å². The summed E-state index contributed by atoms with van der Waals surface area (Å²) in [5, 5.41) is 26.0. The van der Waals surface area contributed by atoms with E-state index in [0.29, 0.717) is 6.54 Å². The lowest BCUT2D eigenvalue weighted by molar-refractivity contribution is -0.890. The third-order valence-corrected chi connectivity index (χ3v) is 2.59. The summed E-state index contributed by atoms with van der Waals surface area (Å²) in [6.07, 6.45) is -0.766. The monoisotopic (exact) mass is 277 g/mol. The second kappa shape index (κ2) is 9.32. The van der Waals surface area contributed by atoms with E-state index < -0.39 is 24.3 Å². The number of carboxylic acids is 3. The molecular formula is C12H23NO6. The van der Waals surface area contributed by atoms with Crippen LogP contribution in [-0.2, 0) is 14.4 Å². The van der Waals surface area contributed by atoms with Crippen molar-refractivity contribution >= 4 is 17.9 Å². The maximum atomic E-state index is 10.5. The van der Waals surface area contributed by atoms with Gasteiger partial charge in [0.05, 0.1) is 33.6 Å². The van der Waals surface area contributed by atoms with Crippen LogP contribution in [0.2, 0.25) is 0 Å². The quantitative estimate of drug-likeness (QED) is 0.601. The molecule has 0 heterocycles. The highest BCUT2D eigenvalue weighted by atomic mass is 16.4. The zero-order valence-corrected chi connectivity index (χ0v) is 11.9. The maximum Gasteiger partial charge on any atom is 0.311 e. The molecule has 7 nitrogen and oxygen atoms in total. The van der Waals surface area contributed by atoms with Gasteiger partial charge in [0, 0.05) is 5.97 Å². The van der Waals surface area contributed by atoms with Gasteiger partial charge >= 0.3 is 11.9 Å². The smallest absolute Gasteiger partial charge is 0.311 e. The first-order chi connectivity index (χ1) is 8.51. The van der Waals surface area contributed by atoms with E-state index in [0.717, 1.165) is 11.0 Å². The molecule has 1 atom stereocenters. The van der Waals surface area contributed by atoms with Crippen LogP contribution < -0.4 is 5.11 Å². The molecule has 0 fully saturated rings. The number of rotatable bonds is 7. The number of hydrogen-bond acceptors (Lipinski definition) is 4. The Hall–Kier alpha value is -1.63. The number of carbonyl (C=O) groups is 3. The Morgan fingerprint density at radius 1 is 1.16 bits per heavy atom. The molecular weight excluding hydrogens is 254 g/mol. The molecule has 0 rings (SSSR count). The SMILES string of the molecule is CC[N+](C)(C)CC(C)C(=O)O.O=C([O-])CCC(=O)O. The van der Waals surface area contributed by atoms with Gasteiger partial charge in [0.15, 0.2) is 0 Å². The molecule has 0 aromatic rings. The molecule has 7 heteroatoms. The molecule has 2 N–H and O–H groups in total. The van der Waals surface area contributed by atoms with Crippen molar-refractivity contribution in [1.29, 1.82) is 0 Å².